The maximum absolute atomic E-state index is 6.32. The Balaban J connectivity index is 2.74. The third kappa shape index (κ3) is 5.90. The fourth-order valence-corrected chi connectivity index (χ4v) is 3.85. The Labute approximate surface area is 133 Å². The molecule has 2 N–H and O–H groups in total. The Bertz CT molecular complexity index is 250. The van der Waals surface area contributed by atoms with E-state index < -0.39 is 0 Å². The number of nitrogens with zero attached hydrogens (tertiary/aromatic N) is 1. The van der Waals surface area contributed by atoms with Gasteiger partial charge in [0.15, 0.2) is 0 Å². The first kappa shape index (κ1) is 19.0. The number of hydrogen-bond donors (Lipinski definition) is 1. The van der Waals surface area contributed by atoms with E-state index in [1.54, 1.807) is 0 Å². The molecule has 1 saturated carbocycles. The molecule has 1 aliphatic rings. The predicted octanol–water partition coefficient (Wildman–Crippen LogP) is 4.96. The highest BCUT2D eigenvalue weighted by atomic mass is 15.2. The minimum atomic E-state index is 0.239. The van der Waals surface area contributed by atoms with Crippen LogP contribution < -0.4 is 5.73 Å². The van der Waals surface area contributed by atoms with Crippen LogP contribution in [0.4, 0.5) is 0 Å². The minimum Gasteiger partial charge on any atom is -0.329 e. The molecule has 1 unspecified atom stereocenters. The summed E-state index contributed by atoms with van der Waals surface area (Å²) in [5, 5.41) is 0. The van der Waals surface area contributed by atoms with Crippen molar-refractivity contribution in [1.29, 1.82) is 0 Å². The van der Waals surface area contributed by atoms with Gasteiger partial charge in [-0.2, -0.15) is 0 Å². The van der Waals surface area contributed by atoms with Crippen LogP contribution in [0.3, 0.4) is 0 Å². The van der Waals surface area contributed by atoms with Crippen LogP contribution in [0.5, 0.6) is 0 Å². The predicted molar refractivity (Wildman–Crippen MR) is 94.6 cm³/mol. The van der Waals surface area contributed by atoms with Gasteiger partial charge in [-0.1, -0.05) is 71.6 Å². The molecule has 2 nitrogen and oxygen atoms in total. The number of hydrogen-bond acceptors (Lipinski definition) is 2. The molecule has 1 fully saturated rings. The van der Waals surface area contributed by atoms with Crippen molar-refractivity contribution < 1.29 is 0 Å². The van der Waals surface area contributed by atoms with Gasteiger partial charge < -0.3 is 5.73 Å². The largest absolute Gasteiger partial charge is 0.329 e. The van der Waals surface area contributed by atoms with Gasteiger partial charge in [-0.15, -0.1) is 0 Å². The molecule has 0 heterocycles. The van der Waals surface area contributed by atoms with Crippen molar-refractivity contribution in [2.75, 3.05) is 13.6 Å². The molecule has 1 rings (SSSR count). The zero-order valence-corrected chi connectivity index (χ0v) is 15.2. The first-order valence-corrected chi connectivity index (χ1v) is 9.46. The number of rotatable bonds is 4. The molecule has 0 aromatic carbocycles. The van der Waals surface area contributed by atoms with Gasteiger partial charge in [0.25, 0.3) is 0 Å². The maximum atomic E-state index is 6.32. The molecule has 2 heteroatoms. The molecule has 0 aliphatic heterocycles. The van der Waals surface area contributed by atoms with Gasteiger partial charge in [-0.25, -0.2) is 0 Å². The van der Waals surface area contributed by atoms with E-state index in [0.29, 0.717) is 12.0 Å². The van der Waals surface area contributed by atoms with Gasteiger partial charge in [0.1, 0.15) is 0 Å². The molecule has 126 valence electrons. The van der Waals surface area contributed by atoms with Crippen molar-refractivity contribution in [3.63, 3.8) is 0 Å². The lowest BCUT2D eigenvalue weighted by Crippen LogP contribution is -2.56. The van der Waals surface area contributed by atoms with E-state index in [-0.39, 0.29) is 5.54 Å². The minimum absolute atomic E-state index is 0.239. The van der Waals surface area contributed by atoms with Crippen LogP contribution in [0.1, 0.15) is 91.4 Å². The second-order valence-electron chi connectivity index (χ2n) is 7.71. The SMILES string of the molecule is CC(C)C(C)N(C)C1(CN)CCCCCCCCCCC1. The summed E-state index contributed by atoms with van der Waals surface area (Å²) in [5.74, 6) is 0.694. The average Bonchev–Trinajstić information content (AvgIpc) is 2.47. The van der Waals surface area contributed by atoms with Crippen molar-refractivity contribution in [2.45, 2.75) is 103 Å². The Morgan fingerprint density at radius 2 is 1.19 bits per heavy atom. The second-order valence-corrected chi connectivity index (χ2v) is 7.71. The van der Waals surface area contributed by atoms with E-state index in [4.69, 9.17) is 5.73 Å². The lowest BCUT2D eigenvalue weighted by Gasteiger charge is -2.46. The zero-order chi connectivity index (χ0) is 15.7. The summed E-state index contributed by atoms with van der Waals surface area (Å²) in [7, 11) is 2.32. The summed E-state index contributed by atoms with van der Waals surface area (Å²) < 4.78 is 0. The van der Waals surface area contributed by atoms with Crippen LogP contribution in [0.2, 0.25) is 0 Å². The van der Waals surface area contributed by atoms with E-state index in [1.165, 1.54) is 70.6 Å². The first-order chi connectivity index (χ1) is 10.0. The third-order valence-electron chi connectivity index (χ3n) is 5.99. The van der Waals surface area contributed by atoms with E-state index in [1.807, 2.05) is 0 Å². The normalized spacial score (nSPS) is 23.6. The van der Waals surface area contributed by atoms with Crippen LogP contribution in [-0.4, -0.2) is 30.1 Å². The third-order valence-corrected chi connectivity index (χ3v) is 5.99. The highest BCUT2D eigenvalue weighted by Gasteiger charge is 2.35. The van der Waals surface area contributed by atoms with E-state index >= 15 is 0 Å². The topological polar surface area (TPSA) is 29.3 Å². The Morgan fingerprint density at radius 3 is 1.52 bits per heavy atom. The van der Waals surface area contributed by atoms with Gasteiger partial charge in [0.2, 0.25) is 0 Å². The summed E-state index contributed by atoms with van der Waals surface area (Å²) in [5.41, 5.74) is 6.55. The molecule has 1 aliphatic carbocycles. The molecule has 0 spiro atoms. The smallest absolute Gasteiger partial charge is 0.0331 e. The van der Waals surface area contributed by atoms with E-state index in [9.17, 15) is 0 Å². The lowest BCUT2D eigenvalue weighted by atomic mass is 9.82. The monoisotopic (exact) mass is 296 g/mol. The van der Waals surface area contributed by atoms with Crippen molar-refractivity contribution in [2.24, 2.45) is 11.7 Å². The second kappa shape index (κ2) is 9.84. The summed E-state index contributed by atoms with van der Waals surface area (Å²) in [4.78, 5) is 2.63. The average molecular weight is 297 g/mol. The van der Waals surface area contributed by atoms with E-state index in [0.717, 1.165) is 6.54 Å². The molecule has 0 radical (unpaired) electrons. The fraction of sp³-hybridized carbons (Fsp3) is 1.00. The number of nitrogens with two attached hydrogens (primary N) is 1. The van der Waals surface area contributed by atoms with Crippen LogP contribution in [-0.2, 0) is 0 Å². The Morgan fingerprint density at radius 1 is 0.810 bits per heavy atom. The Hall–Kier alpha value is -0.0800. The van der Waals surface area contributed by atoms with Crippen LogP contribution in [0, 0.1) is 5.92 Å². The Kier molecular flexibility index (Phi) is 8.89. The summed E-state index contributed by atoms with van der Waals surface area (Å²) in [6, 6.07) is 0.612. The molecular weight excluding hydrogens is 256 g/mol. The highest BCUT2D eigenvalue weighted by molar-refractivity contribution is 4.93. The summed E-state index contributed by atoms with van der Waals surface area (Å²) in [6.07, 6.45) is 15.2. The highest BCUT2D eigenvalue weighted by Crippen LogP contribution is 2.31. The van der Waals surface area contributed by atoms with E-state index in [2.05, 4.69) is 32.7 Å². The van der Waals surface area contributed by atoms with Crippen molar-refractivity contribution >= 4 is 0 Å². The number of likely N-dealkylation sites (N-methyl/N-ethyl adjacent to an activating group) is 1. The quantitative estimate of drug-likeness (QED) is 0.794. The maximum Gasteiger partial charge on any atom is 0.0331 e. The van der Waals surface area contributed by atoms with Gasteiger partial charge in [-0.05, 0) is 32.7 Å². The van der Waals surface area contributed by atoms with Crippen LogP contribution in [0.15, 0.2) is 0 Å². The fourth-order valence-electron chi connectivity index (χ4n) is 3.85. The molecular formula is C19H40N2. The van der Waals surface area contributed by atoms with Gasteiger partial charge in [0.05, 0.1) is 0 Å². The first-order valence-electron chi connectivity index (χ1n) is 9.46. The molecule has 21 heavy (non-hydrogen) atoms. The molecule has 0 amide bonds. The van der Waals surface area contributed by atoms with Crippen LogP contribution >= 0.6 is 0 Å². The molecule has 0 aromatic heterocycles. The summed E-state index contributed by atoms with van der Waals surface area (Å²) >= 11 is 0. The van der Waals surface area contributed by atoms with Crippen LogP contribution in [0.25, 0.3) is 0 Å². The molecule has 0 saturated heterocycles. The van der Waals surface area contributed by atoms with Crippen molar-refractivity contribution in [1.82, 2.24) is 4.90 Å². The standard InChI is InChI=1S/C19H40N2/c1-17(2)18(3)21(4)19(16-20)14-12-10-8-6-5-7-9-11-13-15-19/h17-18H,5-16,20H2,1-4H3. The summed E-state index contributed by atoms with van der Waals surface area (Å²) in [6.45, 7) is 7.86. The zero-order valence-electron chi connectivity index (χ0n) is 15.2. The molecule has 1 atom stereocenters. The van der Waals surface area contributed by atoms with Crippen molar-refractivity contribution in [3.8, 4) is 0 Å². The lowest BCUT2D eigenvalue weighted by molar-refractivity contribution is 0.0438. The molecule has 0 aromatic rings. The van der Waals surface area contributed by atoms with Gasteiger partial charge >= 0.3 is 0 Å². The van der Waals surface area contributed by atoms with Crippen molar-refractivity contribution in [3.05, 3.63) is 0 Å². The van der Waals surface area contributed by atoms with Gasteiger partial charge in [0, 0.05) is 18.1 Å². The van der Waals surface area contributed by atoms with Gasteiger partial charge in [-0.3, -0.25) is 4.90 Å². The molecule has 0 bridgehead atoms.